The van der Waals surface area contributed by atoms with Crippen LogP contribution in [0.1, 0.15) is 6.42 Å². The summed E-state index contributed by atoms with van der Waals surface area (Å²) in [6.45, 7) is 4.11. The molecule has 0 bridgehead atoms. The summed E-state index contributed by atoms with van der Waals surface area (Å²) in [5.41, 5.74) is 1.06. The maximum atomic E-state index is 5.99. The number of aromatic nitrogens is 1. The van der Waals surface area contributed by atoms with E-state index in [0.717, 1.165) is 42.5 Å². The molecule has 110 valence electrons. The van der Waals surface area contributed by atoms with E-state index < -0.39 is 0 Å². The zero-order chi connectivity index (χ0) is 14.7. The predicted octanol–water partition coefficient (Wildman–Crippen LogP) is 2.43. The summed E-state index contributed by atoms with van der Waals surface area (Å²) < 4.78 is 5.99. The van der Waals surface area contributed by atoms with E-state index in [-0.39, 0.29) is 0 Å². The van der Waals surface area contributed by atoms with Gasteiger partial charge in [0.05, 0.1) is 0 Å². The topological polar surface area (TPSA) is 28.6 Å². The summed E-state index contributed by atoms with van der Waals surface area (Å²) >= 11 is 5.23. The van der Waals surface area contributed by atoms with Gasteiger partial charge in [-0.15, -0.1) is 0 Å². The summed E-state index contributed by atoms with van der Waals surface area (Å²) in [4.78, 5) is 9.97. The Morgan fingerprint density at radius 3 is 2.81 bits per heavy atom. The van der Waals surface area contributed by atoms with Gasteiger partial charge in [-0.25, -0.2) is 4.98 Å². The number of hydrogen-bond donors (Lipinski definition) is 0. The molecule has 3 rings (SSSR count). The molecule has 0 unspecified atom stereocenters. The molecule has 2 aliphatic rings. The molecule has 0 aromatic carbocycles. The number of piperazine rings is 1. The number of rotatable bonds is 3. The average Bonchev–Trinajstić information content (AvgIpc) is 2.49. The molecular formula is C16H19N3OS. The minimum atomic E-state index is 0.671. The van der Waals surface area contributed by atoms with Gasteiger partial charge < -0.3 is 14.5 Å². The number of anilines is 1. The van der Waals surface area contributed by atoms with Crippen LogP contribution < -0.4 is 9.64 Å². The smallest absolute Gasteiger partial charge is 0.242 e. The van der Waals surface area contributed by atoms with Crippen molar-refractivity contribution < 1.29 is 4.74 Å². The molecule has 0 amide bonds. The van der Waals surface area contributed by atoms with Gasteiger partial charge in [0.2, 0.25) is 5.88 Å². The van der Waals surface area contributed by atoms with Gasteiger partial charge in [-0.05, 0) is 31.3 Å². The van der Waals surface area contributed by atoms with E-state index in [1.807, 2.05) is 24.3 Å². The second-order valence-electron chi connectivity index (χ2n) is 5.36. The Morgan fingerprint density at radius 2 is 2.05 bits per heavy atom. The zero-order valence-corrected chi connectivity index (χ0v) is 13.0. The number of ether oxygens (including phenoxy) is 1. The fraction of sp³-hybridized carbons (Fsp3) is 0.375. The van der Waals surface area contributed by atoms with Crippen molar-refractivity contribution in [3.8, 4) is 5.88 Å². The maximum Gasteiger partial charge on any atom is 0.242 e. The van der Waals surface area contributed by atoms with Crippen molar-refractivity contribution in [3.05, 3.63) is 42.3 Å². The highest BCUT2D eigenvalue weighted by Crippen LogP contribution is 2.29. The third kappa shape index (κ3) is 3.49. The van der Waals surface area contributed by atoms with Gasteiger partial charge in [0.15, 0.2) is 0 Å². The first kappa shape index (κ1) is 14.2. The van der Waals surface area contributed by atoms with Gasteiger partial charge in [-0.1, -0.05) is 18.3 Å². The fourth-order valence-corrected chi connectivity index (χ4v) is 2.72. The first-order chi connectivity index (χ1) is 10.2. The van der Waals surface area contributed by atoms with Gasteiger partial charge in [0.1, 0.15) is 11.4 Å². The summed E-state index contributed by atoms with van der Waals surface area (Å²) in [6, 6.07) is 4.03. The highest BCUT2D eigenvalue weighted by Gasteiger charge is 2.19. The van der Waals surface area contributed by atoms with Gasteiger partial charge in [-0.2, -0.15) is 0 Å². The SMILES string of the molecule is CN1CCN(c2cccnc2OC2=CC=CC(=S)C2)CC1. The van der Waals surface area contributed by atoms with E-state index >= 15 is 0 Å². The first-order valence-electron chi connectivity index (χ1n) is 7.19. The average molecular weight is 301 g/mol. The van der Waals surface area contributed by atoms with Crippen LogP contribution in [0.4, 0.5) is 5.69 Å². The molecule has 0 radical (unpaired) electrons. The molecule has 0 spiro atoms. The number of likely N-dealkylation sites (N-methyl/N-ethyl adjacent to an activating group) is 1. The minimum absolute atomic E-state index is 0.671. The van der Waals surface area contributed by atoms with E-state index in [4.69, 9.17) is 17.0 Å². The van der Waals surface area contributed by atoms with Crippen LogP contribution in [-0.4, -0.2) is 48.0 Å². The lowest BCUT2D eigenvalue weighted by Crippen LogP contribution is -2.44. The molecule has 5 heteroatoms. The minimum Gasteiger partial charge on any atom is -0.441 e. The molecule has 4 nitrogen and oxygen atoms in total. The summed E-state index contributed by atoms with van der Waals surface area (Å²) in [6.07, 6.45) is 8.26. The van der Waals surface area contributed by atoms with E-state index in [1.165, 1.54) is 0 Å². The Kier molecular flexibility index (Phi) is 4.31. The molecule has 0 N–H and O–H groups in total. The number of thiocarbonyl (C=S) groups is 1. The van der Waals surface area contributed by atoms with Gasteiger partial charge in [0, 0.05) is 43.7 Å². The Hall–Kier alpha value is -1.72. The predicted molar refractivity (Wildman–Crippen MR) is 89.0 cm³/mol. The number of hydrogen-bond acceptors (Lipinski definition) is 5. The Morgan fingerprint density at radius 1 is 1.24 bits per heavy atom. The third-order valence-corrected chi connectivity index (χ3v) is 4.02. The third-order valence-electron chi connectivity index (χ3n) is 3.74. The molecule has 0 saturated carbocycles. The molecule has 2 heterocycles. The van der Waals surface area contributed by atoms with E-state index in [2.05, 4.69) is 27.9 Å². The Labute approximate surface area is 130 Å². The van der Waals surface area contributed by atoms with Crippen molar-refractivity contribution in [1.29, 1.82) is 0 Å². The first-order valence-corrected chi connectivity index (χ1v) is 7.59. The second-order valence-corrected chi connectivity index (χ2v) is 5.88. The lowest BCUT2D eigenvalue weighted by Gasteiger charge is -2.34. The molecule has 1 saturated heterocycles. The number of allylic oxidation sites excluding steroid dienone is 4. The summed E-state index contributed by atoms with van der Waals surface area (Å²) in [5.74, 6) is 1.53. The normalized spacial score (nSPS) is 19.6. The lowest BCUT2D eigenvalue weighted by molar-refractivity contribution is 0.310. The summed E-state index contributed by atoms with van der Waals surface area (Å²) in [5, 5.41) is 0. The van der Waals surface area contributed by atoms with Crippen LogP contribution in [0.25, 0.3) is 0 Å². The van der Waals surface area contributed by atoms with Crippen molar-refractivity contribution >= 4 is 22.8 Å². The van der Waals surface area contributed by atoms with E-state index in [9.17, 15) is 0 Å². The van der Waals surface area contributed by atoms with Crippen LogP contribution in [0.5, 0.6) is 5.88 Å². The van der Waals surface area contributed by atoms with Gasteiger partial charge in [-0.3, -0.25) is 0 Å². The highest BCUT2D eigenvalue weighted by molar-refractivity contribution is 7.80. The van der Waals surface area contributed by atoms with Crippen molar-refractivity contribution in [2.45, 2.75) is 6.42 Å². The van der Waals surface area contributed by atoms with Crippen molar-refractivity contribution in [2.75, 3.05) is 38.1 Å². The van der Waals surface area contributed by atoms with Crippen LogP contribution in [-0.2, 0) is 0 Å². The molecule has 1 aromatic heterocycles. The van der Waals surface area contributed by atoms with Crippen LogP contribution in [0.3, 0.4) is 0 Å². The maximum absolute atomic E-state index is 5.99. The molecular weight excluding hydrogens is 282 g/mol. The quantitative estimate of drug-likeness (QED) is 0.800. The number of pyridine rings is 1. The van der Waals surface area contributed by atoms with Crippen molar-refractivity contribution in [1.82, 2.24) is 9.88 Å². The zero-order valence-electron chi connectivity index (χ0n) is 12.2. The van der Waals surface area contributed by atoms with Crippen LogP contribution in [0.15, 0.2) is 42.3 Å². The second kappa shape index (κ2) is 6.37. The van der Waals surface area contributed by atoms with Crippen LogP contribution in [0.2, 0.25) is 0 Å². The highest BCUT2D eigenvalue weighted by atomic mass is 32.1. The van der Waals surface area contributed by atoms with E-state index in [0.29, 0.717) is 12.3 Å². The largest absolute Gasteiger partial charge is 0.441 e. The molecule has 1 aromatic rings. The van der Waals surface area contributed by atoms with Gasteiger partial charge in [0.25, 0.3) is 0 Å². The van der Waals surface area contributed by atoms with Crippen molar-refractivity contribution in [2.24, 2.45) is 0 Å². The molecule has 1 aliphatic heterocycles. The molecule has 0 atom stereocenters. The standard InChI is InChI=1S/C16H19N3OS/c1-18-8-10-19(11-9-18)15-6-3-7-17-16(15)20-13-4-2-5-14(21)12-13/h2-7H,8-12H2,1H3. The molecule has 1 fully saturated rings. The Balaban J connectivity index is 1.78. The molecule has 21 heavy (non-hydrogen) atoms. The van der Waals surface area contributed by atoms with Crippen LogP contribution >= 0.6 is 12.2 Å². The lowest BCUT2D eigenvalue weighted by atomic mass is 10.1. The fourth-order valence-electron chi connectivity index (χ4n) is 2.50. The molecule has 1 aliphatic carbocycles. The monoisotopic (exact) mass is 301 g/mol. The van der Waals surface area contributed by atoms with Crippen LogP contribution in [0, 0.1) is 0 Å². The number of nitrogens with zero attached hydrogens (tertiary/aromatic N) is 3. The Bertz CT molecular complexity index is 589. The van der Waals surface area contributed by atoms with Gasteiger partial charge >= 0.3 is 0 Å². The van der Waals surface area contributed by atoms with E-state index in [1.54, 1.807) is 6.20 Å². The summed E-state index contributed by atoms with van der Waals surface area (Å²) in [7, 11) is 2.15. The van der Waals surface area contributed by atoms with Crippen molar-refractivity contribution in [3.63, 3.8) is 0 Å².